The number of benzene rings is 5. The molecule has 0 bridgehead atoms. The topological polar surface area (TPSA) is 80.3 Å². The zero-order valence-electron chi connectivity index (χ0n) is 47.1. The predicted molar refractivity (Wildman–Crippen MR) is 304 cm³/mol. The Balaban J connectivity index is 1.03. The van der Waals surface area contributed by atoms with Crippen LogP contribution in [-0.4, -0.2) is 90.9 Å². The molecule has 3 aliphatic heterocycles. The van der Waals surface area contributed by atoms with Crippen molar-refractivity contribution >= 4 is 37.0 Å². The van der Waals surface area contributed by atoms with Crippen molar-refractivity contribution in [2.45, 2.75) is 155 Å². The Morgan fingerprint density at radius 2 is 1.27 bits per heavy atom. The summed E-state index contributed by atoms with van der Waals surface area (Å²) in [7, 11) is -1.39. The molecule has 0 spiro atoms. The molecular formula is C63H84N2O8Si. The van der Waals surface area contributed by atoms with Crippen LogP contribution in [0.15, 0.2) is 91.0 Å². The van der Waals surface area contributed by atoms with Crippen molar-refractivity contribution in [2.75, 3.05) is 69.5 Å². The van der Waals surface area contributed by atoms with Crippen LogP contribution in [-0.2, 0) is 33.8 Å². The maximum atomic E-state index is 7.82. The second-order valence-electron chi connectivity index (χ2n) is 24.9. The summed E-state index contributed by atoms with van der Waals surface area (Å²) in [6.07, 6.45) is 8.91. The van der Waals surface area contributed by atoms with Gasteiger partial charge in [0.2, 0.25) is 0 Å². The van der Waals surface area contributed by atoms with Gasteiger partial charge >= 0.3 is 8.80 Å². The Labute approximate surface area is 444 Å². The normalized spacial score (nSPS) is 19.0. The van der Waals surface area contributed by atoms with Crippen LogP contribution >= 0.6 is 0 Å². The SMILES string of the molecule is COc1cc2c3c(c4c(c2cc1N1CCCCC1)-c1ccccc1C4(C)C)C=CC(c1ccc(OCCOC(C)(C)CC[Si](OC(C)(C)C)(OC(C)(C)C)OC(C)(C)C)cc1)(c1ccc(N2CCOCC2)cc1)O3. The van der Waals surface area contributed by atoms with Crippen LogP contribution in [0, 0.1) is 0 Å². The molecule has 3 heterocycles. The number of fused-ring (bicyclic) bond motifs is 8. The van der Waals surface area contributed by atoms with Crippen LogP contribution in [0.25, 0.3) is 28.0 Å². The van der Waals surface area contributed by atoms with Crippen molar-refractivity contribution in [3.63, 3.8) is 0 Å². The van der Waals surface area contributed by atoms with Gasteiger partial charge in [0, 0.05) is 65.4 Å². The molecular weight excluding hydrogens is 941 g/mol. The highest BCUT2D eigenvalue weighted by Crippen LogP contribution is 2.59. The van der Waals surface area contributed by atoms with Crippen molar-refractivity contribution in [1.82, 2.24) is 0 Å². The molecule has 0 N–H and O–H groups in total. The second-order valence-corrected chi connectivity index (χ2v) is 27.4. The predicted octanol–water partition coefficient (Wildman–Crippen LogP) is 14.3. The fourth-order valence-electron chi connectivity index (χ4n) is 11.6. The molecule has 0 amide bonds. The van der Waals surface area contributed by atoms with Gasteiger partial charge in [-0.1, -0.05) is 68.5 Å². The second kappa shape index (κ2) is 20.6. The number of piperidine rings is 1. The third-order valence-electron chi connectivity index (χ3n) is 14.8. The Morgan fingerprint density at radius 1 is 0.662 bits per heavy atom. The lowest BCUT2D eigenvalue weighted by atomic mass is 9.76. The molecule has 1 atom stereocenters. The van der Waals surface area contributed by atoms with Gasteiger partial charge in [0.05, 0.1) is 55.0 Å². The molecule has 0 radical (unpaired) electrons. The zero-order valence-corrected chi connectivity index (χ0v) is 48.1. The zero-order chi connectivity index (χ0) is 52.9. The maximum Gasteiger partial charge on any atom is 0.502 e. The summed E-state index contributed by atoms with van der Waals surface area (Å²) in [5, 5.41) is 2.24. The van der Waals surface area contributed by atoms with E-state index in [-0.39, 0.29) is 5.41 Å². The average molecular weight is 1030 g/mol. The fraction of sp³-hybridized carbons (Fsp3) is 0.524. The van der Waals surface area contributed by atoms with E-state index in [9.17, 15) is 0 Å². The minimum absolute atomic E-state index is 0.269. The van der Waals surface area contributed by atoms with Crippen LogP contribution in [0.5, 0.6) is 17.2 Å². The van der Waals surface area contributed by atoms with E-state index in [4.69, 9.17) is 37.0 Å². The molecule has 5 aromatic carbocycles. The van der Waals surface area contributed by atoms with Crippen LogP contribution in [0.3, 0.4) is 0 Å². The van der Waals surface area contributed by atoms with E-state index in [1.165, 1.54) is 52.6 Å². The lowest BCUT2D eigenvalue weighted by molar-refractivity contribution is -0.0823. The highest BCUT2D eigenvalue weighted by molar-refractivity contribution is 6.61. The number of nitrogens with zero attached hydrogens (tertiary/aromatic N) is 2. The molecule has 0 aromatic heterocycles. The molecule has 11 heteroatoms. The van der Waals surface area contributed by atoms with Gasteiger partial charge in [0.1, 0.15) is 23.9 Å². The van der Waals surface area contributed by atoms with Crippen LogP contribution in [0.2, 0.25) is 6.04 Å². The number of morpholine rings is 1. The van der Waals surface area contributed by atoms with Gasteiger partial charge in [-0.2, -0.15) is 0 Å². The van der Waals surface area contributed by atoms with E-state index >= 15 is 0 Å². The highest BCUT2D eigenvalue weighted by atomic mass is 28.4. The summed E-state index contributed by atoms with van der Waals surface area (Å²) in [4.78, 5) is 4.91. The van der Waals surface area contributed by atoms with Gasteiger partial charge in [0.25, 0.3) is 0 Å². The largest absolute Gasteiger partial charge is 0.502 e. The van der Waals surface area contributed by atoms with Gasteiger partial charge in [-0.25, -0.2) is 0 Å². The summed E-state index contributed by atoms with van der Waals surface area (Å²) < 4.78 is 53.1. The minimum atomic E-state index is -3.19. The van der Waals surface area contributed by atoms with Crippen molar-refractivity contribution in [1.29, 1.82) is 0 Å². The number of ether oxygens (including phenoxy) is 5. The van der Waals surface area contributed by atoms with Crippen molar-refractivity contribution < 1.29 is 37.0 Å². The summed E-state index contributed by atoms with van der Waals surface area (Å²) in [6.45, 7) is 33.6. The van der Waals surface area contributed by atoms with E-state index < -0.39 is 36.8 Å². The van der Waals surface area contributed by atoms with E-state index in [1.807, 2.05) is 0 Å². The quantitative estimate of drug-likeness (QED) is 0.0704. The maximum absolute atomic E-state index is 7.82. The summed E-state index contributed by atoms with van der Waals surface area (Å²) in [5.74, 6) is 2.49. The Morgan fingerprint density at radius 3 is 1.88 bits per heavy atom. The van der Waals surface area contributed by atoms with Crippen LogP contribution in [0.1, 0.15) is 144 Å². The lowest BCUT2D eigenvalue weighted by Gasteiger charge is -2.44. The molecule has 2 fully saturated rings. The smallest absolute Gasteiger partial charge is 0.495 e. The Kier molecular flexibility index (Phi) is 15.0. The number of hydrogen-bond donors (Lipinski definition) is 0. The van der Waals surface area contributed by atoms with Crippen LogP contribution < -0.4 is 24.0 Å². The first kappa shape index (κ1) is 53.9. The summed E-state index contributed by atoms with van der Waals surface area (Å²) >= 11 is 0. The third kappa shape index (κ3) is 11.4. The molecule has 5 aromatic rings. The first-order chi connectivity index (χ1) is 34.9. The Hall–Kier alpha value is -4.88. The molecule has 2 saturated heterocycles. The van der Waals surface area contributed by atoms with Crippen molar-refractivity contribution in [3.05, 3.63) is 119 Å². The summed E-state index contributed by atoms with van der Waals surface area (Å²) in [6, 6.07) is 31.6. The van der Waals surface area contributed by atoms with E-state index in [0.717, 1.165) is 84.4 Å². The standard InChI is InChI=1S/C63H84N2O8Si/c1-58(2,3)71-74(72-59(4,5)6,73-60(7,8)9)41-32-61(10,11)69-40-39-68-47-28-24-45(25-29-47)63(44-22-26-46(27-23-44)64-35-37-67-38-36-64)31-30-49-56-55(48-20-16-17-21-52(48)62(56,12)13)50-42-53(65-33-18-15-19-34-65)54(66-14)43-51(50)57(49)70-63/h16-17,20-31,42-43H,15,18-19,32-41H2,1-14H3. The van der Waals surface area contributed by atoms with Gasteiger partial charge in [-0.3, -0.25) is 0 Å². The number of hydrogen-bond acceptors (Lipinski definition) is 10. The molecule has 74 heavy (non-hydrogen) atoms. The van der Waals surface area contributed by atoms with E-state index in [2.05, 4.69) is 197 Å². The lowest BCUT2D eigenvalue weighted by Crippen LogP contribution is -2.57. The minimum Gasteiger partial charge on any atom is -0.495 e. The van der Waals surface area contributed by atoms with Gasteiger partial charge in [-0.05, 0) is 172 Å². The first-order valence-corrected chi connectivity index (χ1v) is 29.2. The molecule has 4 aliphatic rings. The Bertz CT molecular complexity index is 2770. The van der Waals surface area contributed by atoms with Gasteiger partial charge < -0.3 is 46.8 Å². The molecule has 1 unspecified atom stereocenters. The highest BCUT2D eigenvalue weighted by Gasteiger charge is 2.51. The first-order valence-electron chi connectivity index (χ1n) is 27.3. The molecule has 0 saturated carbocycles. The molecule has 1 aliphatic carbocycles. The van der Waals surface area contributed by atoms with Gasteiger partial charge in [0.15, 0.2) is 5.60 Å². The van der Waals surface area contributed by atoms with Crippen molar-refractivity contribution in [3.8, 4) is 28.4 Å². The van der Waals surface area contributed by atoms with Gasteiger partial charge in [-0.15, -0.1) is 0 Å². The third-order valence-corrected chi connectivity index (χ3v) is 18.4. The fourth-order valence-corrected chi connectivity index (χ4v) is 15.8. The summed E-state index contributed by atoms with van der Waals surface area (Å²) in [5.41, 5.74) is 7.62. The van der Waals surface area contributed by atoms with Crippen molar-refractivity contribution in [2.24, 2.45) is 0 Å². The average Bonchev–Trinajstić information content (AvgIpc) is 3.59. The monoisotopic (exact) mass is 1020 g/mol. The molecule has 9 rings (SSSR count). The van der Waals surface area contributed by atoms with E-state index in [0.29, 0.717) is 25.7 Å². The molecule has 10 nitrogen and oxygen atoms in total. The number of methoxy groups -OCH3 is 1. The number of anilines is 2. The van der Waals surface area contributed by atoms with E-state index in [1.54, 1.807) is 7.11 Å². The molecule has 398 valence electrons. The number of rotatable bonds is 16. The van der Waals surface area contributed by atoms with Crippen LogP contribution in [0.4, 0.5) is 11.4 Å².